The Balaban J connectivity index is 1.64. The number of benzene rings is 2. The number of aliphatic hydroxyl groups is 2. The normalized spacial score (nSPS) is 20.3. The zero-order valence-electron chi connectivity index (χ0n) is 16.1. The smallest absolute Gasteiger partial charge is 0.108 e. The molecule has 1 heterocycles. The third kappa shape index (κ3) is 5.63. The van der Waals surface area contributed by atoms with Crippen LogP contribution in [0.1, 0.15) is 42.1 Å². The fraction of sp³-hybridized carbons (Fsp3) is 0.478. The summed E-state index contributed by atoms with van der Waals surface area (Å²) < 4.78 is 6.19. The molecule has 4 heteroatoms. The third-order valence-corrected chi connectivity index (χ3v) is 5.34. The summed E-state index contributed by atoms with van der Waals surface area (Å²) in [6.07, 6.45) is 2.50. The fourth-order valence-corrected chi connectivity index (χ4v) is 3.79. The number of ether oxygens (including phenoxy) is 1. The van der Waals surface area contributed by atoms with Gasteiger partial charge in [-0.15, -0.1) is 0 Å². The minimum atomic E-state index is -0.575. The van der Waals surface area contributed by atoms with E-state index in [9.17, 15) is 10.2 Å². The van der Waals surface area contributed by atoms with Gasteiger partial charge in [0.2, 0.25) is 0 Å². The van der Waals surface area contributed by atoms with Crippen LogP contribution in [0.25, 0.3) is 0 Å². The van der Waals surface area contributed by atoms with E-state index < -0.39 is 6.10 Å². The summed E-state index contributed by atoms with van der Waals surface area (Å²) in [7, 11) is 0. The van der Waals surface area contributed by atoms with E-state index in [4.69, 9.17) is 4.74 Å². The Morgan fingerprint density at radius 2 is 1.74 bits per heavy atom. The van der Waals surface area contributed by atoms with E-state index >= 15 is 0 Å². The third-order valence-electron chi connectivity index (χ3n) is 5.34. The van der Waals surface area contributed by atoms with E-state index in [1.54, 1.807) is 0 Å². The van der Waals surface area contributed by atoms with Crippen LogP contribution >= 0.6 is 0 Å². The molecule has 2 aromatic rings. The lowest BCUT2D eigenvalue weighted by molar-refractivity contribution is -0.0236. The first-order valence-corrected chi connectivity index (χ1v) is 9.93. The number of hydrogen-bond acceptors (Lipinski definition) is 4. The van der Waals surface area contributed by atoms with E-state index in [0.717, 1.165) is 36.9 Å². The molecule has 4 nitrogen and oxygen atoms in total. The Labute approximate surface area is 162 Å². The quantitative estimate of drug-likeness (QED) is 0.750. The van der Waals surface area contributed by atoms with Crippen LogP contribution in [-0.2, 0) is 4.74 Å². The van der Waals surface area contributed by atoms with Crippen molar-refractivity contribution >= 4 is 0 Å². The van der Waals surface area contributed by atoms with Crippen LogP contribution in [0.3, 0.4) is 0 Å². The molecule has 1 aliphatic rings. The summed E-state index contributed by atoms with van der Waals surface area (Å²) in [4.78, 5) is 2.20. The highest BCUT2D eigenvalue weighted by atomic mass is 16.5. The second-order valence-corrected chi connectivity index (χ2v) is 7.52. The second-order valence-electron chi connectivity index (χ2n) is 7.52. The molecule has 0 radical (unpaired) electrons. The maximum absolute atomic E-state index is 10.6. The van der Waals surface area contributed by atoms with Gasteiger partial charge in [0.25, 0.3) is 0 Å². The average Bonchev–Trinajstić information content (AvgIpc) is 2.70. The number of hydrogen-bond donors (Lipinski definition) is 2. The number of aliphatic hydroxyl groups excluding tert-OH is 2. The zero-order chi connectivity index (χ0) is 19.1. The predicted molar refractivity (Wildman–Crippen MR) is 108 cm³/mol. The average molecular weight is 370 g/mol. The molecule has 146 valence electrons. The molecule has 0 saturated carbocycles. The first-order valence-electron chi connectivity index (χ1n) is 9.93. The highest BCUT2D eigenvalue weighted by Gasteiger charge is 2.24. The lowest BCUT2D eigenvalue weighted by Gasteiger charge is -2.36. The van der Waals surface area contributed by atoms with E-state index in [0.29, 0.717) is 6.54 Å². The Kier molecular flexibility index (Phi) is 7.41. The maximum atomic E-state index is 10.6. The Morgan fingerprint density at radius 3 is 2.44 bits per heavy atom. The lowest BCUT2D eigenvalue weighted by atomic mass is 10.0. The molecular formula is C23H31NO3. The van der Waals surface area contributed by atoms with Gasteiger partial charge in [-0.05, 0) is 37.4 Å². The van der Waals surface area contributed by atoms with E-state index in [-0.39, 0.29) is 25.4 Å². The van der Waals surface area contributed by atoms with Crippen molar-refractivity contribution in [1.82, 2.24) is 4.90 Å². The van der Waals surface area contributed by atoms with Gasteiger partial charge in [0.15, 0.2) is 0 Å². The number of rotatable bonds is 8. The number of aryl methyl sites for hydroxylation is 1. The SMILES string of the molecule is Cc1ccc([C@@H](OC[C@@H](O)CN2CCCC[C@@H]2CO)c2ccccc2)cc1. The molecular weight excluding hydrogens is 338 g/mol. The van der Waals surface area contributed by atoms with Crippen LogP contribution in [0.2, 0.25) is 0 Å². The fourth-order valence-electron chi connectivity index (χ4n) is 3.79. The molecule has 27 heavy (non-hydrogen) atoms. The molecule has 3 atom stereocenters. The van der Waals surface area contributed by atoms with Gasteiger partial charge < -0.3 is 14.9 Å². The topological polar surface area (TPSA) is 52.9 Å². The van der Waals surface area contributed by atoms with Gasteiger partial charge in [0.05, 0.1) is 19.3 Å². The predicted octanol–water partition coefficient (Wildman–Crippen LogP) is 3.31. The van der Waals surface area contributed by atoms with Gasteiger partial charge in [-0.2, -0.15) is 0 Å². The highest BCUT2D eigenvalue weighted by molar-refractivity contribution is 5.31. The van der Waals surface area contributed by atoms with Gasteiger partial charge in [-0.3, -0.25) is 4.90 Å². The summed E-state index contributed by atoms with van der Waals surface area (Å²) >= 11 is 0. The van der Waals surface area contributed by atoms with Crippen molar-refractivity contribution in [2.45, 2.75) is 44.4 Å². The Bertz CT molecular complexity index is 674. The second kappa shape index (κ2) is 10.00. The number of piperidine rings is 1. The van der Waals surface area contributed by atoms with Gasteiger partial charge in [0, 0.05) is 12.6 Å². The number of likely N-dealkylation sites (tertiary alicyclic amines) is 1. The molecule has 0 aliphatic carbocycles. The van der Waals surface area contributed by atoms with Crippen LogP contribution in [0.4, 0.5) is 0 Å². The summed E-state index contributed by atoms with van der Waals surface area (Å²) in [6.45, 7) is 3.97. The summed E-state index contributed by atoms with van der Waals surface area (Å²) in [5.41, 5.74) is 3.38. The Morgan fingerprint density at radius 1 is 1.04 bits per heavy atom. The van der Waals surface area contributed by atoms with Crippen molar-refractivity contribution in [3.05, 3.63) is 71.3 Å². The van der Waals surface area contributed by atoms with Crippen LogP contribution in [0.5, 0.6) is 0 Å². The number of β-amino-alcohol motifs (C(OH)–C–C–N with tert-alkyl or cyclic N) is 1. The van der Waals surface area contributed by atoms with Gasteiger partial charge >= 0.3 is 0 Å². The van der Waals surface area contributed by atoms with E-state index in [2.05, 4.69) is 48.2 Å². The van der Waals surface area contributed by atoms with Crippen molar-refractivity contribution in [2.24, 2.45) is 0 Å². The molecule has 2 N–H and O–H groups in total. The molecule has 0 aromatic heterocycles. The monoisotopic (exact) mass is 369 g/mol. The zero-order valence-corrected chi connectivity index (χ0v) is 16.1. The first-order chi connectivity index (χ1) is 13.2. The van der Waals surface area contributed by atoms with Crippen LogP contribution < -0.4 is 0 Å². The molecule has 1 saturated heterocycles. The van der Waals surface area contributed by atoms with E-state index in [1.807, 2.05) is 18.2 Å². The van der Waals surface area contributed by atoms with Crippen molar-refractivity contribution in [2.75, 3.05) is 26.3 Å². The Hall–Kier alpha value is -1.72. The minimum absolute atomic E-state index is 0.156. The summed E-state index contributed by atoms with van der Waals surface area (Å²) in [5, 5.41) is 20.1. The van der Waals surface area contributed by atoms with Crippen molar-refractivity contribution in [3.63, 3.8) is 0 Å². The lowest BCUT2D eigenvalue weighted by Crippen LogP contribution is -2.46. The van der Waals surface area contributed by atoms with Gasteiger partial charge in [-0.25, -0.2) is 0 Å². The molecule has 1 fully saturated rings. The largest absolute Gasteiger partial charge is 0.395 e. The van der Waals surface area contributed by atoms with Gasteiger partial charge in [0.1, 0.15) is 6.10 Å². The first kappa shape index (κ1) is 20.0. The van der Waals surface area contributed by atoms with Crippen LogP contribution in [-0.4, -0.2) is 53.6 Å². The summed E-state index contributed by atoms with van der Waals surface area (Å²) in [5.74, 6) is 0. The number of nitrogens with zero attached hydrogens (tertiary/aromatic N) is 1. The van der Waals surface area contributed by atoms with Crippen molar-refractivity contribution < 1.29 is 14.9 Å². The standard InChI is InChI=1S/C23H31NO3/c1-18-10-12-20(13-11-18)23(19-7-3-2-4-8-19)27-17-22(26)15-24-14-6-5-9-21(24)16-25/h2-4,7-8,10-13,21-23,25-26H,5-6,9,14-17H2,1H3/t21-,22+,23+/m1/s1. The van der Waals surface area contributed by atoms with Crippen LogP contribution in [0.15, 0.2) is 54.6 Å². The molecule has 0 bridgehead atoms. The molecule has 0 unspecified atom stereocenters. The molecule has 1 aliphatic heterocycles. The van der Waals surface area contributed by atoms with Crippen molar-refractivity contribution in [1.29, 1.82) is 0 Å². The molecule has 0 amide bonds. The highest BCUT2D eigenvalue weighted by Crippen LogP contribution is 2.26. The minimum Gasteiger partial charge on any atom is -0.395 e. The summed E-state index contributed by atoms with van der Waals surface area (Å²) in [6, 6.07) is 18.6. The molecule has 0 spiro atoms. The molecule has 3 rings (SSSR count). The van der Waals surface area contributed by atoms with Crippen molar-refractivity contribution in [3.8, 4) is 0 Å². The van der Waals surface area contributed by atoms with E-state index in [1.165, 1.54) is 5.56 Å². The van der Waals surface area contributed by atoms with Crippen LogP contribution in [0, 0.1) is 6.92 Å². The molecule has 2 aromatic carbocycles. The maximum Gasteiger partial charge on any atom is 0.108 e. The van der Waals surface area contributed by atoms with Gasteiger partial charge in [-0.1, -0.05) is 66.6 Å².